The summed E-state index contributed by atoms with van der Waals surface area (Å²) in [5.74, 6) is -0.140. The average molecular weight is 303 g/mol. The van der Waals surface area contributed by atoms with E-state index in [1.54, 1.807) is 11.3 Å². The third-order valence-corrected chi connectivity index (χ3v) is 4.52. The van der Waals surface area contributed by atoms with E-state index in [0.29, 0.717) is 12.8 Å². The van der Waals surface area contributed by atoms with Crippen molar-refractivity contribution < 1.29 is 4.79 Å². The first-order chi connectivity index (χ1) is 9.98. The standard InChI is InChI=1S/C16H21N3OS/c1-4-16(17,5-2)15(20)19-13-8-6-7-12(9-13)14-10-21-11(3)18-14/h6-10H,4-5,17H2,1-3H3,(H,19,20). The van der Waals surface area contributed by atoms with E-state index in [2.05, 4.69) is 10.3 Å². The summed E-state index contributed by atoms with van der Waals surface area (Å²) in [4.78, 5) is 16.8. The van der Waals surface area contributed by atoms with Crippen molar-refractivity contribution in [1.82, 2.24) is 4.98 Å². The van der Waals surface area contributed by atoms with Gasteiger partial charge >= 0.3 is 0 Å². The van der Waals surface area contributed by atoms with Crippen LogP contribution in [0.25, 0.3) is 11.3 Å². The molecule has 4 nitrogen and oxygen atoms in total. The Labute approximate surface area is 129 Å². The third-order valence-electron chi connectivity index (χ3n) is 3.75. The topological polar surface area (TPSA) is 68.0 Å². The van der Waals surface area contributed by atoms with Crippen molar-refractivity contribution in [2.45, 2.75) is 39.2 Å². The highest BCUT2D eigenvalue weighted by atomic mass is 32.1. The molecule has 0 radical (unpaired) electrons. The van der Waals surface area contributed by atoms with Crippen molar-refractivity contribution >= 4 is 22.9 Å². The van der Waals surface area contributed by atoms with Crippen molar-refractivity contribution in [1.29, 1.82) is 0 Å². The number of benzene rings is 1. The molecule has 0 spiro atoms. The van der Waals surface area contributed by atoms with Gasteiger partial charge in [-0.2, -0.15) is 0 Å². The molecule has 3 N–H and O–H groups in total. The monoisotopic (exact) mass is 303 g/mol. The van der Waals surface area contributed by atoms with Gasteiger partial charge in [0.25, 0.3) is 0 Å². The Morgan fingerprint density at radius 3 is 2.67 bits per heavy atom. The van der Waals surface area contributed by atoms with Crippen LogP contribution in [-0.4, -0.2) is 16.4 Å². The van der Waals surface area contributed by atoms with Gasteiger partial charge in [-0.15, -0.1) is 11.3 Å². The number of aryl methyl sites for hydroxylation is 1. The molecule has 1 aromatic heterocycles. The van der Waals surface area contributed by atoms with Gasteiger partial charge in [-0.25, -0.2) is 4.98 Å². The third kappa shape index (κ3) is 3.49. The van der Waals surface area contributed by atoms with Crippen LogP contribution in [-0.2, 0) is 4.79 Å². The maximum absolute atomic E-state index is 12.3. The predicted octanol–water partition coefficient (Wildman–Crippen LogP) is 3.57. The first-order valence-corrected chi connectivity index (χ1v) is 7.99. The molecule has 0 atom stereocenters. The van der Waals surface area contributed by atoms with E-state index in [4.69, 9.17) is 5.73 Å². The molecular formula is C16H21N3OS. The number of nitrogens with one attached hydrogen (secondary N) is 1. The molecule has 1 amide bonds. The number of thiazole rings is 1. The van der Waals surface area contributed by atoms with E-state index >= 15 is 0 Å². The van der Waals surface area contributed by atoms with Gasteiger partial charge in [-0.1, -0.05) is 26.0 Å². The largest absolute Gasteiger partial charge is 0.324 e. The molecule has 0 unspecified atom stereocenters. The van der Waals surface area contributed by atoms with Crippen LogP contribution in [0, 0.1) is 6.92 Å². The number of rotatable bonds is 5. The lowest BCUT2D eigenvalue weighted by molar-refractivity contribution is -0.121. The highest BCUT2D eigenvalue weighted by Crippen LogP contribution is 2.25. The van der Waals surface area contributed by atoms with Gasteiger partial charge < -0.3 is 11.1 Å². The minimum Gasteiger partial charge on any atom is -0.324 e. The van der Waals surface area contributed by atoms with Gasteiger partial charge in [0.1, 0.15) is 0 Å². The number of nitrogens with two attached hydrogens (primary N) is 1. The van der Waals surface area contributed by atoms with Crippen LogP contribution in [0.3, 0.4) is 0 Å². The second-order valence-corrected chi connectivity index (χ2v) is 6.21. The zero-order chi connectivity index (χ0) is 15.5. The summed E-state index contributed by atoms with van der Waals surface area (Å²) in [6, 6.07) is 7.69. The van der Waals surface area contributed by atoms with Gasteiger partial charge in [0.05, 0.1) is 16.2 Å². The lowest BCUT2D eigenvalue weighted by Crippen LogP contribution is -2.50. The summed E-state index contributed by atoms with van der Waals surface area (Å²) in [6.07, 6.45) is 1.22. The summed E-state index contributed by atoms with van der Waals surface area (Å²) in [5, 5.41) is 5.95. The molecular weight excluding hydrogens is 282 g/mol. The minimum absolute atomic E-state index is 0.140. The molecule has 1 heterocycles. The van der Waals surface area contributed by atoms with Gasteiger partial charge in [-0.3, -0.25) is 4.79 Å². The van der Waals surface area contributed by atoms with Crippen LogP contribution in [0.4, 0.5) is 5.69 Å². The Hall–Kier alpha value is -1.72. The Kier molecular flexibility index (Phi) is 4.75. The number of carbonyl (C=O) groups excluding carboxylic acids is 1. The van der Waals surface area contributed by atoms with E-state index in [1.165, 1.54) is 0 Å². The molecule has 2 rings (SSSR count). The average Bonchev–Trinajstić information content (AvgIpc) is 2.93. The number of hydrogen-bond acceptors (Lipinski definition) is 4. The molecule has 0 aliphatic rings. The Morgan fingerprint density at radius 2 is 2.10 bits per heavy atom. The number of anilines is 1. The Morgan fingerprint density at radius 1 is 1.38 bits per heavy atom. The summed E-state index contributed by atoms with van der Waals surface area (Å²) in [6.45, 7) is 5.83. The van der Waals surface area contributed by atoms with Crippen LogP contribution >= 0.6 is 11.3 Å². The molecule has 112 valence electrons. The highest BCUT2D eigenvalue weighted by molar-refractivity contribution is 7.09. The van der Waals surface area contributed by atoms with E-state index in [1.807, 2.05) is 50.4 Å². The molecule has 21 heavy (non-hydrogen) atoms. The normalized spacial score (nSPS) is 11.4. The molecule has 5 heteroatoms. The fraction of sp³-hybridized carbons (Fsp3) is 0.375. The summed E-state index contributed by atoms with van der Waals surface area (Å²) >= 11 is 1.61. The lowest BCUT2D eigenvalue weighted by Gasteiger charge is -2.25. The molecule has 2 aromatic rings. The fourth-order valence-corrected chi connectivity index (χ4v) is 2.70. The van der Waals surface area contributed by atoms with Crippen molar-refractivity contribution in [3.63, 3.8) is 0 Å². The van der Waals surface area contributed by atoms with Gasteiger partial charge in [-0.05, 0) is 31.9 Å². The molecule has 0 saturated heterocycles. The van der Waals surface area contributed by atoms with Crippen LogP contribution in [0.5, 0.6) is 0 Å². The molecule has 0 fully saturated rings. The van der Waals surface area contributed by atoms with Crippen LogP contribution < -0.4 is 11.1 Å². The predicted molar refractivity (Wildman–Crippen MR) is 88.4 cm³/mol. The van der Waals surface area contributed by atoms with Crippen molar-refractivity contribution in [3.8, 4) is 11.3 Å². The van der Waals surface area contributed by atoms with Gasteiger partial charge in [0, 0.05) is 16.6 Å². The van der Waals surface area contributed by atoms with Crippen LogP contribution in [0.1, 0.15) is 31.7 Å². The van der Waals surface area contributed by atoms with Crippen molar-refractivity contribution in [2.24, 2.45) is 5.73 Å². The van der Waals surface area contributed by atoms with Gasteiger partial charge in [0.2, 0.25) is 5.91 Å². The van der Waals surface area contributed by atoms with E-state index in [9.17, 15) is 4.79 Å². The summed E-state index contributed by atoms with van der Waals surface area (Å²) < 4.78 is 0. The zero-order valence-corrected chi connectivity index (χ0v) is 13.5. The molecule has 1 aromatic carbocycles. The summed E-state index contributed by atoms with van der Waals surface area (Å²) in [5.41, 5.74) is 7.98. The number of hydrogen-bond donors (Lipinski definition) is 2. The van der Waals surface area contributed by atoms with Crippen molar-refractivity contribution in [2.75, 3.05) is 5.32 Å². The second kappa shape index (κ2) is 6.37. The van der Waals surface area contributed by atoms with Crippen molar-refractivity contribution in [3.05, 3.63) is 34.7 Å². The van der Waals surface area contributed by atoms with E-state index in [-0.39, 0.29) is 5.91 Å². The highest BCUT2D eigenvalue weighted by Gasteiger charge is 2.29. The molecule has 0 saturated carbocycles. The number of amides is 1. The Bertz CT molecular complexity index is 632. The first-order valence-electron chi connectivity index (χ1n) is 7.11. The number of carbonyl (C=O) groups is 1. The Balaban J connectivity index is 2.20. The quantitative estimate of drug-likeness (QED) is 0.887. The number of aromatic nitrogens is 1. The minimum atomic E-state index is -0.812. The lowest BCUT2D eigenvalue weighted by atomic mass is 9.93. The second-order valence-electron chi connectivity index (χ2n) is 5.15. The molecule has 0 bridgehead atoms. The smallest absolute Gasteiger partial charge is 0.244 e. The maximum Gasteiger partial charge on any atom is 0.244 e. The van der Waals surface area contributed by atoms with Crippen LogP contribution in [0.15, 0.2) is 29.6 Å². The number of nitrogens with zero attached hydrogens (tertiary/aromatic N) is 1. The zero-order valence-electron chi connectivity index (χ0n) is 12.6. The fourth-order valence-electron chi connectivity index (χ4n) is 2.08. The van der Waals surface area contributed by atoms with E-state index < -0.39 is 5.54 Å². The molecule has 0 aliphatic carbocycles. The van der Waals surface area contributed by atoms with E-state index in [0.717, 1.165) is 22.0 Å². The molecule has 0 aliphatic heterocycles. The van der Waals surface area contributed by atoms with Crippen LogP contribution in [0.2, 0.25) is 0 Å². The van der Waals surface area contributed by atoms with Gasteiger partial charge in [0.15, 0.2) is 0 Å². The summed E-state index contributed by atoms with van der Waals surface area (Å²) in [7, 11) is 0. The SMILES string of the molecule is CCC(N)(CC)C(=O)Nc1cccc(-c2csc(C)n2)c1. The maximum atomic E-state index is 12.3. The first kappa shape index (κ1) is 15.7.